The van der Waals surface area contributed by atoms with Crippen molar-refractivity contribution in [2.24, 2.45) is 0 Å². The topological polar surface area (TPSA) is 30.0 Å². The Morgan fingerprint density at radius 1 is 1.00 bits per heavy atom. The third kappa shape index (κ3) is 2.13. The fourth-order valence-corrected chi connectivity index (χ4v) is 2.26. The smallest absolute Gasteiger partial charge is 0.160 e. The molecule has 1 aromatic heterocycles. The summed E-state index contributed by atoms with van der Waals surface area (Å²) >= 11 is 0. The molecule has 0 fully saturated rings. The van der Waals surface area contributed by atoms with Crippen LogP contribution < -0.4 is 0 Å². The predicted octanol–water partition coefficient (Wildman–Crippen LogP) is 4.10. The molecular weight excluding hydrogens is 234 g/mol. The molecule has 0 spiro atoms. The van der Waals surface area contributed by atoms with Gasteiger partial charge in [0.1, 0.15) is 0 Å². The van der Waals surface area contributed by atoms with E-state index in [-0.39, 0.29) is 5.78 Å². The Kier molecular flexibility index (Phi) is 2.84. The van der Waals surface area contributed by atoms with Gasteiger partial charge in [-0.05, 0) is 24.6 Å². The third-order valence-electron chi connectivity index (χ3n) is 3.21. The van der Waals surface area contributed by atoms with E-state index < -0.39 is 0 Å². The number of nitrogens with zero attached hydrogens (tertiary/aromatic N) is 1. The number of hydrogen-bond acceptors (Lipinski definition) is 2. The van der Waals surface area contributed by atoms with Crippen molar-refractivity contribution in [2.45, 2.75) is 6.92 Å². The highest BCUT2D eigenvalue weighted by molar-refractivity contribution is 6.01. The maximum absolute atomic E-state index is 11.7. The zero-order valence-corrected chi connectivity index (χ0v) is 10.6. The van der Waals surface area contributed by atoms with Crippen LogP contribution in [0.1, 0.15) is 17.3 Å². The van der Waals surface area contributed by atoms with Crippen LogP contribution in [0, 0.1) is 0 Å². The fourth-order valence-electron chi connectivity index (χ4n) is 2.26. The lowest BCUT2D eigenvalue weighted by atomic mass is 9.98. The molecule has 0 N–H and O–H groups in total. The van der Waals surface area contributed by atoms with Crippen LogP contribution in [0.15, 0.2) is 60.8 Å². The number of ketones is 1. The van der Waals surface area contributed by atoms with Gasteiger partial charge in [-0.15, -0.1) is 0 Å². The third-order valence-corrected chi connectivity index (χ3v) is 3.21. The summed E-state index contributed by atoms with van der Waals surface area (Å²) in [6.07, 6.45) is 1.82. The first-order valence-corrected chi connectivity index (χ1v) is 6.21. The van der Waals surface area contributed by atoms with Gasteiger partial charge in [0.05, 0.1) is 5.52 Å². The molecule has 2 nitrogen and oxygen atoms in total. The maximum atomic E-state index is 11.7. The second-order valence-corrected chi connectivity index (χ2v) is 4.52. The van der Waals surface area contributed by atoms with Gasteiger partial charge in [-0.25, -0.2) is 0 Å². The van der Waals surface area contributed by atoms with E-state index >= 15 is 0 Å². The number of Topliss-reactive ketones (excluding diaryl/α,β-unsaturated/α-hetero) is 1. The quantitative estimate of drug-likeness (QED) is 0.638. The number of carbonyl (C=O) groups excluding carboxylic acids is 1. The number of hydrogen-bond donors (Lipinski definition) is 0. The molecule has 0 aliphatic heterocycles. The van der Waals surface area contributed by atoms with Crippen molar-refractivity contribution in [1.29, 1.82) is 0 Å². The van der Waals surface area contributed by atoms with Gasteiger partial charge < -0.3 is 0 Å². The van der Waals surface area contributed by atoms with Crippen molar-refractivity contribution in [3.8, 4) is 11.1 Å². The highest BCUT2D eigenvalue weighted by Gasteiger charge is 2.09. The minimum absolute atomic E-state index is 0.0729. The molecule has 0 saturated heterocycles. The van der Waals surface area contributed by atoms with E-state index in [1.165, 1.54) is 0 Å². The zero-order chi connectivity index (χ0) is 13.2. The van der Waals surface area contributed by atoms with Gasteiger partial charge in [0.25, 0.3) is 0 Å². The summed E-state index contributed by atoms with van der Waals surface area (Å²) in [6, 6.07) is 17.7. The van der Waals surface area contributed by atoms with E-state index in [9.17, 15) is 4.79 Å². The Balaban J connectivity index is 2.22. The van der Waals surface area contributed by atoms with Crippen molar-refractivity contribution in [2.75, 3.05) is 0 Å². The molecule has 0 amide bonds. The van der Waals surface area contributed by atoms with E-state index in [0.29, 0.717) is 0 Å². The van der Waals surface area contributed by atoms with Gasteiger partial charge >= 0.3 is 0 Å². The Morgan fingerprint density at radius 3 is 2.58 bits per heavy atom. The molecule has 0 atom stereocenters. The van der Waals surface area contributed by atoms with Gasteiger partial charge in [0.15, 0.2) is 5.78 Å². The fraction of sp³-hybridized carbons (Fsp3) is 0.0588. The molecule has 0 radical (unpaired) electrons. The van der Waals surface area contributed by atoms with Gasteiger partial charge in [-0.1, -0.05) is 42.5 Å². The molecule has 19 heavy (non-hydrogen) atoms. The van der Waals surface area contributed by atoms with Crippen molar-refractivity contribution >= 4 is 16.7 Å². The monoisotopic (exact) mass is 247 g/mol. The molecule has 0 saturated carbocycles. The summed E-state index contributed by atoms with van der Waals surface area (Å²) in [7, 11) is 0. The molecular formula is C17H13NO. The minimum Gasteiger partial charge on any atom is -0.294 e. The van der Waals surface area contributed by atoms with Gasteiger partial charge in [0, 0.05) is 22.7 Å². The normalized spacial score (nSPS) is 10.6. The van der Waals surface area contributed by atoms with Crippen molar-refractivity contribution < 1.29 is 4.79 Å². The summed E-state index contributed by atoms with van der Waals surface area (Å²) in [5, 5.41) is 1.08. The van der Waals surface area contributed by atoms with E-state index in [2.05, 4.69) is 11.1 Å². The maximum Gasteiger partial charge on any atom is 0.160 e. The lowest BCUT2D eigenvalue weighted by molar-refractivity contribution is 0.101. The molecule has 0 aliphatic rings. The van der Waals surface area contributed by atoms with Crippen LogP contribution in [0.3, 0.4) is 0 Å². The van der Waals surface area contributed by atoms with Gasteiger partial charge in [-0.3, -0.25) is 9.78 Å². The number of pyridine rings is 1. The average molecular weight is 247 g/mol. The lowest BCUT2D eigenvalue weighted by Crippen LogP contribution is -1.96. The standard InChI is InChI=1S/C17H13NO/c1-12(19)15-7-3-4-8-16(15)14-10-13-6-2-5-9-17(13)18-11-14/h2-11H,1H3. The molecule has 2 heteroatoms. The number of para-hydroxylation sites is 1. The van der Waals surface area contributed by atoms with Crippen LogP contribution in [0.2, 0.25) is 0 Å². The first-order valence-electron chi connectivity index (χ1n) is 6.21. The molecule has 0 unspecified atom stereocenters. The summed E-state index contributed by atoms with van der Waals surface area (Å²) in [5.41, 5.74) is 3.61. The Morgan fingerprint density at radius 2 is 1.74 bits per heavy atom. The van der Waals surface area contributed by atoms with E-state index in [4.69, 9.17) is 0 Å². The van der Waals surface area contributed by atoms with E-state index in [1.54, 1.807) is 6.92 Å². The van der Waals surface area contributed by atoms with Crippen molar-refractivity contribution in [3.63, 3.8) is 0 Å². The zero-order valence-electron chi connectivity index (χ0n) is 10.6. The highest BCUT2D eigenvalue weighted by Crippen LogP contribution is 2.26. The number of benzene rings is 2. The Labute approximate surface area is 111 Å². The SMILES string of the molecule is CC(=O)c1ccccc1-c1cnc2ccccc2c1. The summed E-state index contributed by atoms with van der Waals surface area (Å²) in [6.45, 7) is 1.59. The first kappa shape index (κ1) is 11.6. The van der Waals surface area contributed by atoms with Crippen LogP contribution in [-0.4, -0.2) is 10.8 Å². The van der Waals surface area contributed by atoms with Crippen LogP contribution >= 0.6 is 0 Å². The van der Waals surface area contributed by atoms with E-state index in [1.807, 2.05) is 54.7 Å². The van der Waals surface area contributed by atoms with E-state index in [0.717, 1.165) is 27.6 Å². The van der Waals surface area contributed by atoms with Gasteiger partial charge in [0.2, 0.25) is 0 Å². The lowest BCUT2D eigenvalue weighted by Gasteiger charge is -2.07. The molecule has 92 valence electrons. The molecule has 2 aromatic carbocycles. The molecule has 0 aliphatic carbocycles. The second kappa shape index (κ2) is 4.65. The van der Waals surface area contributed by atoms with Crippen LogP contribution in [0.25, 0.3) is 22.0 Å². The van der Waals surface area contributed by atoms with Crippen LogP contribution in [0.5, 0.6) is 0 Å². The highest BCUT2D eigenvalue weighted by atomic mass is 16.1. The molecule has 1 heterocycles. The summed E-state index contributed by atoms with van der Waals surface area (Å²) < 4.78 is 0. The Hall–Kier alpha value is -2.48. The minimum atomic E-state index is 0.0729. The van der Waals surface area contributed by atoms with Crippen LogP contribution in [-0.2, 0) is 0 Å². The molecule has 0 bridgehead atoms. The number of rotatable bonds is 2. The van der Waals surface area contributed by atoms with Crippen LogP contribution in [0.4, 0.5) is 0 Å². The van der Waals surface area contributed by atoms with Crippen molar-refractivity contribution in [3.05, 3.63) is 66.4 Å². The number of fused-ring (bicyclic) bond motifs is 1. The molecule has 3 aromatic rings. The largest absolute Gasteiger partial charge is 0.294 e. The summed E-state index contributed by atoms with van der Waals surface area (Å²) in [5.74, 6) is 0.0729. The Bertz CT molecular complexity index is 762. The average Bonchev–Trinajstić information content (AvgIpc) is 2.46. The predicted molar refractivity (Wildman–Crippen MR) is 77.2 cm³/mol. The second-order valence-electron chi connectivity index (χ2n) is 4.52. The number of aromatic nitrogens is 1. The summed E-state index contributed by atoms with van der Waals surface area (Å²) in [4.78, 5) is 16.1. The van der Waals surface area contributed by atoms with Crippen molar-refractivity contribution in [1.82, 2.24) is 4.98 Å². The molecule has 3 rings (SSSR count). The first-order chi connectivity index (χ1) is 9.25. The van der Waals surface area contributed by atoms with Gasteiger partial charge in [-0.2, -0.15) is 0 Å². The number of carbonyl (C=O) groups is 1.